The highest BCUT2D eigenvalue weighted by Crippen LogP contribution is 2.32. The highest BCUT2D eigenvalue weighted by atomic mass is 14.2. The zero-order valence-electron chi connectivity index (χ0n) is 11.9. The fourth-order valence-electron chi connectivity index (χ4n) is 3.56. The molecule has 2 aliphatic carbocycles. The van der Waals surface area contributed by atoms with Gasteiger partial charge in [0.15, 0.2) is 0 Å². The van der Waals surface area contributed by atoms with Crippen molar-refractivity contribution in [1.29, 1.82) is 0 Å². The second kappa shape index (κ2) is 8.56. The van der Waals surface area contributed by atoms with Crippen molar-refractivity contribution >= 4 is 0 Å². The molecule has 0 heteroatoms. The van der Waals surface area contributed by atoms with Crippen molar-refractivity contribution in [2.24, 2.45) is 11.8 Å². The van der Waals surface area contributed by atoms with E-state index in [1.807, 2.05) is 0 Å². The maximum absolute atomic E-state index is 2.48. The highest BCUT2D eigenvalue weighted by Gasteiger charge is 2.19. The van der Waals surface area contributed by atoms with Gasteiger partial charge >= 0.3 is 0 Å². The summed E-state index contributed by atoms with van der Waals surface area (Å²) in [4.78, 5) is 0. The van der Waals surface area contributed by atoms with Crippen molar-refractivity contribution in [2.45, 2.75) is 77.0 Å². The molecule has 0 saturated heterocycles. The van der Waals surface area contributed by atoms with Gasteiger partial charge in [-0.3, -0.25) is 0 Å². The molecule has 18 heavy (non-hydrogen) atoms. The first kappa shape index (κ1) is 13.9. The van der Waals surface area contributed by atoms with Gasteiger partial charge in [0.05, 0.1) is 0 Å². The first-order valence-electron chi connectivity index (χ1n) is 8.27. The molecule has 0 spiro atoms. The van der Waals surface area contributed by atoms with Crippen molar-refractivity contribution in [3.8, 4) is 0 Å². The molecule has 0 radical (unpaired) electrons. The summed E-state index contributed by atoms with van der Waals surface area (Å²) in [5.41, 5.74) is 0. The molecular weight excluding hydrogens is 216 g/mol. The molecule has 0 bridgehead atoms. The Bertz CT molecular complexity index is 233. The molecule has 0 saturated carbocycles. The zero-order valence-corrected chi connectivity index (χ0v) is 11.9. The van der Waals surface area contributed by atoms with E-state index in [9.17, 15) is 0 Å². The van der Waals surface area contributed by atoms with Gasteiger partial charge in [-0.25, -0.2) is 0 Å². The van der Waals surface area contributed by atoms with Gasteiger partial charge in [0.25, 0.3) is 0 Å². The third-order valence-electron chi connectivity index (χ3n) is 4.77. The summed E-state index contributed by atoms with van der Waals surface area (Å²) in [5, 5.41) is 0. The average Bonchev–Trinajstić information content (AvgIpc) is 2.61. The van der Waals surface area contributed by atoms with E-state index in [2.05, 4.69) is 24.3 Å². The fraction of sp³-hybridized carbons (Fsp3) is 0.778. The summed E-state index contributed by atoms with van der Waals surface area (Å²) in [5.74, 6) is 1.92. The van der Waals surface area contributed by atoms with Gasteiger partial charge in [0.2, 0.25) is 0 Å². The Kier molecular flexibility index (Phi) is 6.61. The Labute approximate surface area is 114 Å². The van der Waals surface area contributed by atoms with Crippen LogP contribution in [0, 0.1) is 11.8 Å². The van der Waals surface area contributed by atoms with Gasteiger partial charge < -0.3 is 0 Å². The minimum absolute atomic E-state index is 0.960. The van der Waals surface area contributed by atoms with E-state index in [0.29, 0.717) is 0 Å². The van der Waals surface area contributed by atoms with E-state index in [-0.39, 0.29) is 0 Å². The van der Waals surface area contributed by atoms with Gasteiger partial charge in [-0.2, -0.15) is 0 Å². The summed E-state index contributed by atoms with van der Waals surface area (Å²) < 4.78 is 0. The van der Waals surface area contributed by atoms with Crippen LogP contribution in [0.3, 0.4) is 0 Å². The van der Waals surface area contributed by atoms with Crippen molar-refractivity contribution in [1.82, 2.24) is 0 Å². The molecule has 0 amide bonds. The second-order valence-electron chi connectivity index (χ2n) is 6.21. The maximum Gasteiger partial charge on any atom is -0.0319 e. The molecule has 0 aromatic heterocycles. The molecule has 0 heterocycles. The van der Waals surface area contributed by atoms with Gasteiger partial charge in [0, 0.05) is 0 Å². The zero-order chi connectivity index (χ0) is 12.5. The molecule has 0 aromatic rings. The van der Waals surface area contributed by atoms with Crippen molar-refractivity contribution in [2.75, 3.05) is 0 Å². The summed E-state index contributed by atoms with van der Waals surface area (Å²) in [6.07, 6.45) is 26.7. The third-order valence-corrected chi connectivity index (χ3v) is 4.77. The lowest BCUT2D eigenvalue weighted by Crippen LogP contribution is -2.14. The quantitative estimate of drug-likeness (QED) is 0.495. The smallest absolute Gasteiger partial charge is 0.0319 e. The standard InChI is InChI=1S/C18H30/c1-2-6-10-14-17(13-9-5-1)18-15-11-7-3-4-8-12-16-18/h5,7,9,11,17-18H,1-4,6,8,10,12-16H2/b9-5-,11-7-. The van der Waals surface area contributed by atoms with E-state index < -0.39 is 0 Å². The Morgan fingerprint density at radius 1 is 0.500 bits per heavy atom. The minimum Gasteiger partial charge on any atom is -0.0885 e. The molecule has 2 unspecified atom stereocenters. The van der Waals surface area contributed by atoms with Crippen LogP contribution in [0.1, 0.15) is 77.0 Å². The normalized spacial score (nSPS) is 35.1. The van der Waals surface area contributed by atoms with Crippen LogP contribution >= 0.6 is 0 Å². The lowest BCUT2D eigenvalue weighted by Gasteiger charge is -2.25. The highest BCUT2D eigenvalue weighted by molar-refractivity contribution is 4.91. The molecule has 0 nitrogen and oxygen atoms in total. The minimum atomic E-state index is 0.960. The van der Waals surface area contributed by atoms with Gasteiger partial charge in [-0.15, -0.1) is 0 Å². The van der Waals surface area contributed by atoms with Crippen LogP contribution in [0.25, 0.3) is 0 Å². The molecule has 2 atom stereocenters. The van der Waals surface area contributed by atoms with Crippen LogP contribution in [0.5, 0.6) is 0 Å². The van der Waals surface area contributed by atoms with Crippen molar-refractivity contribution in [3.63, 3.8) is 0 Å². The first-order valence-corrected chi connectivity index (χ1v) is 8.27. The molecule has 0 N–H and O–H groups in total. The van der Waals surface area contributed by atoms with Gasteiger partial charge in [0.1, 0.15) is 0 Å². The monoisotopic (exact) mass is 246 g/mol. The van der Waals surface area contributed by atoms with Crippen molar-refractivity contribution < 1.29 is 0 Å². The molecule has 102 valence electrons. The Morgan fingerprint density at radius 2 is 1.00 bits per heavy atom. The van der Waals surface area contributed by atoms with E-state index in [0.717, 1.165) is 11.8 Å². The van der Waals surface area contributed by atoms with Crippen molar-refractivity contribution in [3.05, 3.63) is 24.3 Å². The summed E-state index contributed by atoms with van der Waals surface area (Å²) in [6.45, 7) is 0. The molecule has 2 rings (SSSR count). The third kappa shape index (κ3) is 5.00. The fourth-order valence-corrected chi connectivity index (χ4v) is 3.56. The Hall–Kier alpha value is -0.520. The lowest BCUT2D eigenvalue weighted by molar-refractivity contribution is 0.285. The van der Waals surface area contributed by atoms with Crippen LogP contribution in [0.2, 0.25) is 0 Å². The second-order valence-corrected chi connectivity index (χ2v) is 6.21. The van der Waals surface area contributed by atoms with E-state index >= 15 is 0 Å². The van der Waals surface area contributed by atoms with E-state index in [4.69, 9.17) is 0 Å². The average molecular weight is 246 g/mol. The van der Waals surface area contributed by atoms with Crippen LogP contribution < -0.4 is 0 Å². The van der Waals surface area contributed by atoms with Crippen LogP contribution in [0.4, 0.5) is 0 Å². The maximum atomic E-state index is 2.48. The van der Waals surface area contributed by atoms with Crippen LogP contribution in [-0.2, 0) is 0 Å². The number of hydrogen-bond acceptors (Lipinski definition) is 0. The summed E-state index contributed by atoms with van der Waals surface area (Å²) in [6, 6.07) is 0. The number of rotatable bonds is 1. The Balaban J connectivity index is 1.91. The van der Waals surface area contributed by atoms with Gasteiger partial charge in [-0.05, 0) is 63.2 Å². The first-order chi connectivity index (χ1) is 8.97. The molecule has 0 fully saturated rings. The SMILES string of the molecule is C1=C\CC(C2C/C=C\CCCCC2)CCCCC/1. The van der Waals surface area contributed by atoms with Crippen LogP contribution in [-0.4, -0.2) is 0 Å². The number of hydrogen-bond donors (Lipinski definition) is 0. The molecule has 2 aliphatic rings. The summed E-state index contributed by atoms with van der Waals surface area (Å²) >= 11 is 0. The molecular formula is C18H30. The largest absolute Gasteiger partial charge is 0.0885 e. The topological polar surface area (TPSA) is 0 Å². The van der Waals surface area contributed by atoms with E-state index in [1.165, 1.54) is 77.0 Å². The lowest BCUT2D eigenvalue weighted by atomic mass is 9.80. The Morgan fingerprint density at radius 3 is 1.50 bits per heavy atom. The summed E-state index contributed by atoms with van der Waals surface area (Å²) in [7, 11) is 0. The number of allylic oxidation sites excluding steroid dienone is 4. The van der Waals surface area contributed by atoms with Gasteiger partial charge in [-0.1, -0.05) is 50.0 Å². The molecule has 0 aromatic carbocycles. The van der Waals surface area contributed by atoms with Crippen LogP contribution in [0.15, 0.2) is 24.3 Å². The molecule has 0 aliphatic heterocycles. The predicted molar refractivity (Wildman–Crippen MR) is 80.7 cm³/mol. The predicted octanol–water partition coefficient (Wildman–Crippen LogP) is 6.04. The van der Waals surface area contributed by atoms with E-state index in [1.54, 1.807) is 0 Å².